The molecule has 0 spiro atoms. The van der Waals surface area contributed by atoms with Gasteiger partial charge in [-0.1, -0.05) is 53.7 Å². The molecule has 0 fully saturated rings. The molecule has 0 radical (unpaired) electrons. The number of methoxy groups -OCH3 is 1. The van der Waals surface area contributed by atoms with Gasteiger partial charge in [-0.3, -0.25) is 9.89 Å². The van der Waals surface area contributed by atoms with Crippen LogP contribution in [0.1, 0.15) is 17.0 Å². The molecule has 2 N–H and O–H groups in total. The number of hydrogen-bond acceptors (Lipinski definition) is 7. The number of H-pyrrole nitrogens is 1. The number of nitrogens with zero attached hydrogens (tertiary/aromatic N) is 3. The van der Waals surface area contributed by atoms with Gasteiger partial charge in [-0.05, 0) is 24.6 Å². The molecule has 1 amide bonds. The average Bonchev–Trinajstić information content (AvgIpc) is 3.43. The lowest BCUT2D eigenvalue weighted by molar-refractivity contribution is -0.113. The number of thioether (sulfide) groups is 1. The molecular formula is C22H21N5O2S2. The molecule has 9 heteroatoms. The lowest BCUT2D eigenvalue weighted by Gasteiger charge is -2.01. The third-order valence-corrected chi connectivity index (χ3v) is 6.08. The molecule has 31 heavy (non-hydrogen) atoms. The fraction of sp³-hybridized carbons (Fsp3) is 0.182. The van der Waals surface area contributed by atoms with Crippen LogP contribution in [0.25, 0.3) is 11.3 Å². The van der Waals surface area contributed by atoms with E-state index in [1.807, 2.05) is 60.8 Å². The summed E-state index contributed by atoms with van der Waals surface area (Å²) < 4.78 is 5.17. The summed E-state index contributed by atoms with van der Waals surface area (Å²) in [6.07, 6.45) is 0.630. The Labute approximate surface area is 188 Å². The highest BCUT2D eigenvalue weighted by molar-refractivity contribution is 7.99. The van der Waals surface area contributed by atoms with Crippen LogP contribution < -0.4 is 10.1 Å². The van der Waals surface area contributed by atoms with Crippen LogP contribution in [0.5, 0.6) is 5.75 Å². The Morgan fingerprint density at radius 2 is 1.90 bits per heavy atom. The Hall–Kier alpha value is -3.17. The van der Waals surface area contributed by atoms with E-state index < -0.39 is 0 Å². The zero-order valence-corrected chi connectivity index (χ0v) is 18.7. The molecule has 158 valence electrons. The second-order valence-corrected chi connectivity index (χ2v) is 8.63. The molecule has 0 saturated carbocycles. The molecule has 2 heterocycles. The number of anilines is 1. The second-order valence-electron chi connectivity index (χ2n) is 6.83. The minimum Gasteiger partial charge on any atom is -0.497 e. The largest absolute Gasteiger partial charge is 0.497 e. The molecule has 0 aliphatic rings. The number of amides is 1. The molecule has 0 atom stereocenters. The molecule has 4 aromatic rings. The van der Waals surface area contributed by atoms with Crippen LogP contribution in [0.2, 0.25) is 0 Å². The fourth-order valence-electron chi connectivity index (χ4n) is 2.83. The summed E-state index contributed by atoms with van der Waals surface area (Å²) in [5.74, 6) is 1.63. The minimum atomic E-state index is -0.142. The molecule has 2 aromatic heterocycles. The molecule has 0 saturated heterocycles. The van der Waals surface area contributed by atoms with E-state index in [4.69, 9.17) is 4.74 Å². The Kier molecular flexibility index (Phi) is 6.63. The SMILES string of the molecule is COc1ccc(Cc2nc(SCC(=O)Nc3nc(-c4ccc(C)cc4)cs3)n[nH]2)cc1. The lowest BCUT2D eigenvalue weighted by atomic mass is 10.1. The van der Waals surface area contributed by atoms with E-state index >= 15 is 0 Å². The Morgan fingerprint density at radius 1 is 1.13 bits per heavy atom. The molecule has 7 nitrogen and oxygen atoms in total. The van der Waals surface area contributed by atoms with Gasteiger partial charge in [-0.25, -0.2) is 9.97 Å². The van der Waals surface area contributed by atoms with Crippen molar-refractivity contribution in [2.45, 2.75) is 18.5 Å². The Bertz CT molecular complexity index is 1150. The van der Waals surface area contributed by atoms with E-state index in [9.17, 15) is 4.79 Å². The van der Waals surface area contributed by atoms with Crippen LogP contribution in [0.3, 0.4) is 0 Å². The molecule has 0 unspecified atom stereocenters. The van der Waals surface area contributed by atoms with Crippen LogP contribution >= 0.6 is 23.1 Å². The Morgan fingerprint density at radius 3 is 2.65 bits per heavy atom. The van der Waals surface area contributed by atoms with Crippen molar-refractivity contribution in [2.75, 3.05) is 18.2 Å². The van der Waals surface area contributed by atoms with Gasteiger partial charge in [0.2, 0.25) is 11.1 Å². The molecular weight excluding hydrogens is 430 g/mol. The summed E-state index contributed by atoms with van der Waals surface area (Å²) in [5, 5.41) is 13.0. The predicted octanol–water partition coefficient (Wildman–Crippen LogP) is 4.57. The van der Waals surface area contributed by atoms with Gasteiger partial charge in [0.15, 0.2) is 5.13 Å². The number of carbonyl (C=O) groups excluding carboxylic acids is 1. The van der Waals surface area contributed by atoms with Crippen molar-refractivity contribution in [3.05, 3.63) is 70.9 Å². The van der Waals surface area contributed by atoms with Crippen molar-refractivity contribution in [1.29, 1.82) is 0 Å². The van der Waals surface area contributed by atoms with Gasteiger partial charge in [-0.2, -0.15) is 0 Å². The van der Waals surface area contributed by atoms with Crippen LogP contribution in [0, 0.1) is 6.92 Å². The number of aromatic nitrogens is 4. The van der Waals surface area contributed by atoms with Crippen molar-refractivity contribution in [2.24, 2.45) is 0 Å². The number of aryl methyl sites for hydroxylation is 1. The third kappa shape index (κ3) is 5.71. The van der Waals surface area contributed by atoms with Gasteiger partial charge < -0.3 is 10.1 Å². The summed E-state index contributed by atoms with van der Waals surface area (Å²) in [5.41, 5.74) is 4.18. The van der Waals surface area contributed by atoms with E-state index in [1.165, 1.54) is 28.7 Å². The summed E-state index contributed by atoms with van der Waals surface area (Å²) >= 11 is 2.69. The highest BCUT2D eigenvalue weighted by Crippen LogP contribution is 2.25. The van der Waals surface area contributed by atoms with Gasteiger partial charge in [-0.15, -0.1) is 16.4 Å². The van der Waals surface area contributed by atoms with E-state index in [1.54, 1.807) is 7.11 Å². The summed E-state index contributed by atoms with van der Waals surface area (Å²) in [7, 11) is 1.64. The molecule has 0 aliphatic carbocycles. The summed E-state index contributed by atoms with van der Waals surface area (Å²) in [6, 6.07) is 15.9. The number of benzene rings is 2. The fourth-order valence-corrected chi connectivity index (χ4v) is 4.18. The highest BCUT2D eigenvalue weighted by atomic mass is 32.2. The number of ether oxygens (including phenoxy) is 1. The van der Waals surface area contributed by atoms with Crippen molar-refractivity contribution >= 4 is 34.1 Å². The van der Waals surface area contributed by atoms with Gasteiger partial charge in [0.1, 0.15) is 11.6 Å². The maximum atomic E-state index is 12.3. The van der Waals surface area contributed by atoms with E-state index in [-0.39, 0.29) is 11.7 Å². The van der Waals surface area contributed by atoms with Crippen molar-refractivity contribution in [1.82, 2.24) is 20.2 Å². The first-order valence-electron chi connectivity index (χ1n) is 9.58. The van der Waals surface area contributed by atoms with Gasteiger partial charge in [0, 0.05) is 17.4 Å². The summed E-state index contributed by atoms with van der Waals surface area (Å²) in [6.45, 7) is 2.05. The molecule has 0 bridgehead atoms. The van der Waals surface area contributed by atoms with Crippen molar-refractivity contribution in [3.63, 3.8) is 0 Å². The molecule has 2 aromatic carbocycles. The highest BCUT2D eigenvalue weighted by Gasteiger charge is 2.11. The Balaban J connectivity index is 1.28. The van der Waals surface area contributed by atoms with Gasteiger partial charge >= 0.3 is 0 Å². The van der Waals surface area contributed by atoms with Crippen LogP contribution in [-0.2, 0) is 11.2 Å². The quantitative estimate of drug-likeness (QED) is 0.381. The zero-order chi connectivity index (χ0) is 21.6. The first-order valence-corrected chi connectivity index (χ1v) is 11.4. The lowest BCUT2D eigenvalue weighted by Crippen LogP contribution is -2.13. The van der Waals surface area contributed by atoms with Crippen LogP contribution in [-0.4, -0.2) is 38.9 Å². The molecule has 4 rings (SSSR count). The second kappa shape index (κ2) is 9.76. The maximum Gasteiger partial charge on any atom is 0.236 e. The minimum absolute atomic E-state index is 0.142. The van der Waals surface area contributed by atoms with Crippen molar-refractivity contribution < 1.29 is 9.53 Å². The first-order chi connectivity index (χ1) is 15.1. The predicted molar refractivity (Wildman–Crippen MR) is 124 cm³/mol. The zero-order valence-electron chi connectivity index (χ0n) is 17.1. The monoisotopic (exact) mass is 451 g/mol. The number of thiazole rings is 1. The first kappa shape index (κ1) is 21.1. The van der Waals surface area contributed by atoms with Crippen LogP contribution in [0.4, 0.5) is 5.13 Å². The smallest absolute Gasteiger partial charge is 0.236 e. The van der Waals surface area contributed by atoms with E-state index in [0.29, 0.717) is 16.7 Å². The maximum absolute atomic E-state index is 12.3. The number of carbonyl (C=O) groups is 1. The van der Waals surface area contributed by atoms with Gasteiger partial charge in [0.25, 0.3) is 0 Å². The average molecular weight is 452 g/mol. The molecule has 0 aliphatic heterocycles. The number of rotatable bonds is 8. The topological polar surface area (TPSA) is 92.8 Å². The standard InChI is InChI=1S/C22H21N5O2S2/c1-14-3-7-16(8-4-14)18-12-30-21(23-18)25-20(28)13-31-22-24-19(26-27-22)11-15-5-9-17(29-2)10-6-15/h3-10,12H,11,13H2,1-2H3,(H,23,25,28)(H,24,26,27). The normalized spacial score (nSPS) is 10.8. The number of aromatic amines is 1. The van der Waals surface area contributed by atoms with E-state index in [0.717, 1.165) is 28.4 Å². The van der Waals surface area contributed by atoms with Crippen molar-refractivity contribution in [3.8, 4) is 17.0 Å². The number of nitrogens with one attached hydrogen (secondary N) is 2. The number of hydrogen-bond donors (Lipinski definition) is 2. The van der Waals surface area contributed by atoms with Crippen LogP contribution in [0.15, 0.2) is 59.1 Å². The van der Waals surface area contributed by atoms with E-state index in [2.05, 4.69) is 25.5 Å². The van der Waals surface area contributed by atoms with Gasteiger partial charge in [0.05, 0.1) is 18.6 Å². The summed E-state index contributed by atoms with van der Waals surface area (Å²) in [4.78, 5) is 21.2. The third-order valence-electron chi connectivity index (χ3n) is 4.47.